The first-order valence-corrected chi connectivity index (χ1v) is 9.43. The van der Waals surface area contributed by atoms with E-state index >= 15 is 0 Å². The molecule has 2 saturated heterocycles. The zero-order valence-electron chi connectivity index (χ0n) is 12.3. The van der Waals surface area contributed by atoms with Crippen LogP contribution in [0.3, 0.4) is 0 Å². The maximum absolute atomic E-state index is 12.7. The Morgan fingerprint density at radius 2 is 2.19 bits per heavy atom. The fraction of sp³-hybridized carbons (Fsp3) is 0.714. The number of rotatable bonds is 3. The van der Waals surface area contributed by atoms with Crippen molar-refractivity contribution in [2.45, 2.75) is 36.1 Å². The molecule has 5 nitrogen and oxygen atoms in total. The quantitative estimate of drug-likeness (QED) is 0.860. The maximum atomic E-state index is 12.7. The molecule has 0 aromatic carbocycles. The SMILES string of the molecule is CN1CCCC2CN(S(=O)(=O)c3c[nH]c(CCl)c3)CCC21. The molecule has 7 heteroatoms. The highest BCUT2D eigenvalue weighted by molar-refractivity contribution is 7.89. The monoisotopic (exact) mass is 331 g/mol. The van der Waals surface area contributed by atoms with Gasteiger partial charge in [0.1, 0.15) is 0 Å². The number of hydrogen-bond donors (Lipinski definition) is 1. The Balaban J connectivity index is 1.78. The van der Waals surface area contributed by atoms with Gasteiger partial charge in [-0.2, -0.15) is 4.31 Å². The summed E-state index contributed by atoms with van der Waals surface area (Å²) in [7, 11) is -1.24. The van der Waals surface area contributed by atoms with Gasteiger partial charge >= 0.3 is 0 Å². The van der Waals surface area contributed by atoms with Gasteiger partial charge in [0.25, 0.3) is 0 Å². The lowest BCUT2D eigenvalue weighted by atomic mass is 9.85. The van der Waals surface area contributed by atoms with Crippen molar-refractivity contribution in [3.8, 4) is 0 Å². The number of halogens is 1. The van der Waals surface area contributed by atoms with Crippen LogP contribution < -0.4 is 0 Å². The second-order valence-corrected chi connectivity index (χ2v) is 8.30. The van der Waals surface area contributed by atoms with Gasteiger partial charge in [0, 0.05) is 31.0 Å². The van der Waals surface area contributed by atoms with Crippen LogP contribution in [0.2, 0.25) is 0 Å². The number of nitrogens with zero attached hydrogens (tertiary/aromatic N) is 2. The summed E-state index contributed by atoms with van der Waals surface area (Å²) in [5.74, 6) is 0.754. The topological polar surface area (TPSA) is 56.4 Å². The Labute approximate surface area is 131 Å². The molecule has 2 aliphatic heterocycles. The van der Waals surface area contributed by atoms with Crippen molar-refractivity contribution in [2.24, 2.45) is 5.92 Å². The van der Waals surface area contributed by atoms with E-state index in [9.17, 15) is 8.42 Å². The van der Waals surface area contributed by atoms with Crippen molar-refractivity contribution in [1.82, 2.24) is 14.2 Å². The molecule has 0 saturated carbocycles. The first-order valence-electron chi connectivity index (χ1n) is 7.46. The van der Waals surface area contributed by atoms with Crippen LogP contribution in [0.4, 0.5) is 0 Å². The number of likely N-dealkylation sites (tertiary alicyclic amines) is 1. The Bertz CT molecular complexity index is 601. The van der Waals surface area contributed by atoms with E-state index in [1.165, 1.54) is 0 Å². The molecule has 2 fully saturated rings. The van der Waals surface area contributed by atoms with Crippen LogP contribution >= 0.6 is 11.6 Å². The zero-order chi connectivity index (χ0) is 15.0. The lowest BCUT2D eigenvalue weighted by Gasteiger charge is -2.45. The van der Waals surface area contributed by atoms with E-state index in [-0.39, 0.29) is 0 Å². The first-order chi connectivity index (χ1) is 10.0. The molecule has 2 aliphatic rings. The van der Waals surface area contributed by atoms with Crippen molar-refractivity contribution in [3.05, 3.63) is 18.0 Å². The normalized spacial score (nSPS) is 28.5. The fourth-order valence-electron chi connectivity index (χ4n) is 3.63. The Kier molecular flexibility index (Phi) is 4.32. The number of H-pyrrole nitrogens is 1. The van der Waals surface area contributed by atoms with Gasteiger partial charge in [0.15, 0.2) is 0 Å². The number of nitrogens with one attached hydrogen (secondary N) is 1. The molecular formula is C14H22ClN3O2S. The van der Waals surface area contributed by atoms with Gasteiger partial charge in [0.05, 0.1) is 10.8 Å². The number of hydrogen-bond acceptors (Lipinski definition) is 3. The minimum absolute atomic E-state index is 0.297. The third-order valence-electron chi connectivity index (χ3n) is 4.81. The van der Waals surface area contributed by atoms with Crippen molar-refractivity contribution < 1.29 is 8.42 Å². The molecule has 3 heterocycles. The van der Waals surface area contributed by atoms with Crippen molar-refractivity contribution >= 4 is 21.6 Å². The third-order valence-corrected chi connectivity index (χ3v) is 6.94. The van der Waals surface area contributed by atoms with Crippen LogP contribution in [-0.4, -0.2) is 55.3 Å². The average molecular weight is 332 g/mol. The summed E-state index contributed by atoms with van der Waals surface area (Å²) in [4.78, 5) is 5.64. The number of aromatic nitrogens is 1. The Morgan fingerprint density at radius 3 is 2.90 bits per heavy atom. The molecule has 0 radical (unpaired) electrons. The van der Waals surface area contributed by atoms with Gasteiger partial charge in [-0.05, 0) is 44.8 Å². The number of aromatic amines is 1. The van der Waals surface area contributed by atoms with Crippen molar-refractivity contribution in [1.29, 1.82) is 0 Å². The highest BCUT2D eigenvalue weighted by atomic mass is 35.5. The van der Waals surface area contributed by atoms with Crippen LogP contribution in [0, 0.1) is 5.92 Å². The summed E-state index contributed by atoms with van der Waals surface area (Å²) in [6.45, 7) is 2.37. The van der Waals surface area contributed by atoms with Crippen LogP contribution in [0.25, 0.3) is 0 Å². The van der Waals surface area contributed by atoms with Crippen LogP contribution in [0.15, 0.2) is 17.2 Å². The molecule has 1 aromatic heterocycles. The molecule has 21 heavy (non-hydrogen) atoms. The number of fused-ring (bicyclic) bond motifs is 1. The van der Waals surface area contributed by atoms with E-state index in [1.807, 2.05) is 0 Å². The van der Waals surface area contributed by atoms with Gasteiger partial charge in [-0.3, -0.25) is 0 Å². The van der Waals surface area contributed by atoms with Crippen LogP contribution in [0.5, 0.6) is 0 Å². The molecule has 1 aromatic rings. The minimum Gasteiger partial charge on any atom is -0.363 e. The first kappa shape index (κ1) is 15.3. The molecule has 1 N–H and O–H groups in total. The molecule has 0 amide bonds. The summed E-state index contributed by atoms with van der Waals surface area (Å²) in [6, 6.07) is 2.18. The standard InChI is InChI=1S/C14H22ClN3O2S/c1-17-5-2-3-11-10-18(6-4-14(11)17)21(19,20)13-7-12(8-15)16-9-13/h7,9,11,14,16H,2-6,8,10H2,1H3. The number of sulfonamides is 1. The van der Waals surface area contributed by atoms with Gasteiger partial charge in [-0.1, -0.05) is 0 Å². The van der Waals surface area contributed by atoms with Crippen molar-refractivity contribution in [3.63, 3.8) is 0 Å². The van der Waals surface area contributed by atoms with E-state index < -0.39 is 10.0 Å². The van der Waals surface area contributed by atoms with E-state index in [0.717, 1.165) is 31.5 Å². The van der Waals surface area contributed by atoms with E-state index in [2.05, 4.69) is 16.9 Å². The summed E-state index contributed by atoms with van der Waals surface area (Å²) in [6.07, 6.45) is 4.76. The second kappa shape index (κ2) is 5.91. The summed E-state index contributed by atoms with van der Waals surface area (Å²) in [5.41, 5.74) is 0.738. The number of piperidine rings is 2. The number of alkyl halides is 1. The molecule has 0 bridgehead atoms. The molecular weight excluding hydrogens is 310 g/mol. The van der Waals surface area contributed by atoms with Crippen LogP contribution in [-0.2, 0) is 15.9 Å². The molecule has 0 aliphatic carbocycles. The highest BCUT2D eigenvalue weighted by Gasteiger charge is 2.38. The largest absolute Gasteiger partial charge is 0.363 e. The van der Waals surface area contributed by atoms with Gasteiger partial charge < -0.3 is 9.88 Å². The molecule has 118 valence electrons. The van der Waals surface area contributed by atoms with Crippen LogP contribution in [0.1, 0.15) is 25.0 Å². The summed E-state index contributed by atoms with van der Waals surface area (Å²) < 4.78 is 27.1. The zero-order valence-corrected chi connectivity index (χ0v) is 13.8. The van der Waals surface area contributed by atoms with Gasteiger partial charge in [-0.25, -0.2) is 8.42 Å². The molecule has 0 spiro atoms. The average Bonchev–Trinajstić information content (AvgIpc) is 2.97. The van der Waals surface area contributed by atoms with E-state index in [1.54, 1.807) is 16.6 Å². The minimum atomic E-state index is -3.39. The fourth-order valence-corrected chi connectivity index (χ4v) is 5.32. The maximum Gasteiger partial charge on any atom is 0.244 e. The molecule has 2 atom stereocenters. The van der Waals surface area contributed by atoms with Gasteiger partial charge in [0.2, 0.25) is 10.0 Å². The summed E-state index contributed by atoms with van der Waals surface area (Å²) in [5, 5.41) is 0. The van der Waals surface area contributed by atoms with Crippen molar-refractivity contribution in [2.75, 3.05) is 26.7 Å². The Morgan fingerprint density at radius 1 is 1.38 bits per heavy atom. The van der Waals surface area contributed by atoms with Gasteiger partial charge in [-0.15, -0.1) is 11.6 Å². The second-order valence-electron chi connectivity index (χ2n) is 6.10. The smallest absolute Gasteiger partial charge is 0.244 e. The predicted molar refractivity (Wildman–Crippen MR) is 82.9 cm³/mol. The lowest BCUT2D eigenvalue weighted by molar-refractivity contribution is 0.0671. The lowest BCUT2D eigenvalue weighted by Crippen LogP contribution is -2.53. The highest BCUT2D eigenvalue weighted by Crippen LogP contribution is 2.32. The van der Waals surface area contributed by atoms with E-state index in [0.29, 0.717) is 35.8 Å². The predicted octanol–water partition coefficient (Wildman–Crippen LogP) is 1.86. The van der Waals surface area contributed by atoms with E-state index in [4.69, 9.17) is 11.6 Å². The Hall–Kier alpha value is -0.560. The third kappa shape index (κ3) is 2.86. The summed E-state index contributed by atoms with van der Waals surface area (Å²) >= 11 is 5.74. The molecule has 2 unspecified atom stereocenters. The molecule has 3 rings (SSSR count).